The Morgan fingerprint density at radius 1 is 1.11 bits per heavy atom. The third-order valence-electron chi connectivity index (χ3n) is 3.35. The van der Waals surface area contributed by atoms with Crippen molar-refractivity contribution in [1.82, 2.24) is 4.90 Å². The van der Waals surface area contributed by atoms with E-state index in [4.69, 9.17) is 0 Å². The Kier molecular flexibility index (Phi) is 7.49. The van der Waals surface area contributed by atoms with Gasteiger partial charge in [0, 0.05) is 24.8 Å². The van der Waals surface area contributed by atoms with E-state index in [0.717, 1.165) is 25.3 Å². The third-order valence-corrected chi connectivity index (χ3v) is 3.35. The average Bonchev–Trinajstić information content (AvgIpc) is 2.39. The van der Waals surface area contributed by atoms with Crippen LogP contribution in [0.2, 0.25) is 0 Å². The van der Waals surface area contributed by atoms with Gasteiger partial charge in [-0.2, -0.15) is 0 Å². The molecule has 0 aliphatic carbocycles. The predicted molar refractivity (Wildman–Crippen MR) is 81.1 cm³/mol. The number of hydrogen-bond acceptors (Lipinski definition) is 2. The van der Waals surface area contributed by atoms with E-state index in [9.17, 15) is 4.39 Å². The van der Waals surface area contributed by atoms with Crippen LogP contribution in [-0.4, -0.2) is 30.6 Å². The summed E-state index contributed by atoms with van der Waals surface area (Å²) in [6, 6.07) is 7.12. The molecule has 108 valence electrons. The topological polar surface area (TPSA) is 15.3 Å². The van der Waals surface area contributed by atoms with E-state index in [1.165, 1.54) is 31.4 Å². The van der Waals surface area contributed by atoms with Gasteiger partial charge in [0.25, 0.3) is 0 Å². The zero-order valence-corrected chi connectivity index (χ0v) is 12.5. The van der Waals surface area contributed by atoms with Crippen molar-refractivity contribution in [3.8, 4) is 0 Å². The highest BCUT2D eigenvalue weighted by Gasteiger charge is 2.08. The summed E-state index contributed by atoms with van der Waals surface area (Å²) in [4.78, 5) is 2.49. The van der Waals surface area contributed by atoms with Crippen LogP contribution in [0.25, 0.3) is 0 Å². The Morgan fingerprint density at radius 3 is 2.37 bits per heavy atom. The van der Waals surface area contributed by atoms with Crippen molar-refractivity contribution in [2.24, 2.45) is 0 Å². The summed E-state index contributed by atoms with van der Waals surface area (Å²) >= 11 is 0. The van der Waals surface area contributed by atoms with Crippen LogP contribution in [0.1, 0.15) is 40.0 Å². The molecule has 0 saturated carbocycles. The highest BCUT2D eigenvalue weighted by atomic mass is 19.1. The first-order chi connectivity index (χ1) is 9.13. The fourth-order valence-electron chi connectivity index (χ4n) is 2.10. The number of rotatable bonds is 9. The summed E-state index contributed by atoms with van der Waals surface area (Å²) in [6.45, 7) is 9.80. The first-order valence-electron chi connectivity index (χ1n) is 7.37. The van der Waals surface area contributed by atoms with Crippen molar-refractivity contribution in [1.29, 1.82) is 0 Å². The Hall–Kier alpha value is -1.09. The van der Waals surface area contributed by atoms with E-state index in [1.807, 2.05) is 0 Å². The number of unbranched alkanes of at least 4 members (excludes halogenated alkanes) is 2. The SMILES string of the molecule is CCCCCN(CCNc1ccc(F)cc1)C(C)C. The fourth-order valence-corrected chi connectivity index (χ4v) is 2.10. The second-order valence-corrected chi connectivity index (χ2v) is 5.27. The number of anilines is 1. The molecule has 0 fully saturated rings. The first-order valence-corrected chi connectivity index (χ1v) is 7.37. The first kappa shape index (κ1) is 16.0. The van der Waals surface area contributed by atoms with Gasteiger partial charge < -0.3 is 5.32 Å². The minimum absolute atomic E-state index is 0.186. The van der Waals surface area contributed by atoms with Crippen molar-refractivity contribution in [3.05, 3.63) is 30.1 Å². The van der Waals surface area contributed by atoms with Gasteiger partial charge >= 0.3 is 0 Å². The van der Waals surface area contributed by atoms with Crippen LogP contribution in [-0.2, 0) is 0 Å². The highest BCUT2D eigenvalue weighted by Crippen LogP contribution is 2.08. The monoisotopic (exact) mass is 266 g/mol. The van der Waals surface area contributed by atoms with E-state index in [1.54, 1.807) is 12.1 Å². The summed E-state index contributed by atoms with van der Waals surface area (Å²) in [5.41, 5.74) is 0.985. The van der Waals surface area contributed by atoms with Crippen molar-refractivity contribution in [2.75, 3.05) is 25.0 Å². The summed E-state index contributed by atoms with van der Waals surface area (Å²) in [7, 11) is 0. The van der Waals surface area contributed by atoms with E-state index in [0.29, 0.717) is 6.04 Å². The zero-order valence-electron chi connectivity index (χ0n) is 12.5. The Morgan fingerprint density at radius 2 is 1.79 bits per heavy atom. The molecule has 0 heterocycles. The molecular weight excluding hydrogens is 239 g/mol. The Balaban J connectivity index is 2.29. The van der Waals surface area contributed by atoms with E-state index < -0.39 is 0 Å². The maximum Gasteiger partial charge on any atom is 0.123 e. The minimum atomic E-state index is -0.186. The maximum atomic E-state index is 12.8. The van der Waals surface area contributed by atoms with Crippen molar-refractivity contribution in [2.45, 2.75) is 46.1 Å². The van der Waals surface area contributed by atoms with Gasteiger partial charge in [0.1, 0.15) is 5.82 Å². The number of hydrogen-bond donors (Lipinski definition) is 1. The Labute approximate surface area is 117 Å². The zero-order chi connectivity index (χ0) is 14.1. The van der Waals surface area contributed by atoms with Crippen LogP contribution >= 0.6 is 0 Å². The molecule has 0 radical (unpaired) electrons. The fraction of sp³-hybridized carbons (Fsp3) is 0.625. The van der Waals surface area contributed by atoms with E-state index in [2.05, 4.69) is 31.0 Å². The molecule has 0 aromatic heterocycles. The minimum Gasteiger partial charge on any atom is -0.384 e. The van der Waals surface area contributed by atoms with Gasteiger partial charge in [0.15, 0.2) is 0 Å². The molecular formula is C16H27FN2. The van der Waals surface area contributed by atoms with Crippen molar-refractivity contribution < 1.29 is 4.39 Å². The molecule has 1 aromatic carbocycles. The molecule has 0 aliphatic rings. The summed E-state index contributed by atoms with van der Waals surface area (Å²) < 4.78 is 12.8. The van der Waals surface area contributed by atoms with Gasteiger partial charge in [-0.25, -0.2) is 4.39 Å². The summed E-state index contributed by atoms with van der Waals surface area (Å²) in [5.74, 6) is -0.186. The lowest BCUT2D eigenvalue weighted by molar-refractivity contribution is 0.225. The predicted octanol–water partition coefficient (Wildman–Crippen LogP) is 4.14. The van der Waals surface area contributed by atoms with E-state index >= 15 is 0 Å². The third kappa shape index (κ3) is 6.58. The molecule has 1 N–H and O–H groups in total. The van der Waals surface area contributed by atoms with Gasteiger partial charge in [0.2, 0.25) is 0 Å². The van der Waals surface area contributed by atoms with Gasteiger partial charge in [-0.15, -0.1) is 0 Å². The lowest BCUT2D eigenvalue weighted by Gasteiger charge is -2.26. The lowest BCUT2D eigenvalue weighted by atomic mass is 10.2. The maximum absolute atomic E-state index is 12.8. The van der Waals surface area contributed by atoms with E-state index in [-0.39, 0.29) is 5.82 Å². The summed E-state index contributed by atoms with van der Waals surface area (Å²) in [5, 5.41) is 3.34. The quantitative estimate of drug-likeness (QED) is 0.676. The van der Waals surface area contributed by atoms with Gasteiger partial charge in [-0.3, -0.25) is 4.90 Å². The number of nitrogens with one attached hydrogen (secondary N) is 1. The molecule has 1 aromatic rings. The van der Waals surface area contributed by atoms with Gasteiger partial charge in [-0.1, -0.05) is 19.8 Å². The smallest absolute Gasteiger partial charge is 0.123 e. The normalized spacial score (nSPS) is 11.3. The molecule has 0 aliphatic heterocycles. The molecule has 1 rings (SSSR count). The van der Waals surface area contributed by atoms with Gasteiger partial charge in [0.05, 0.1) is 0 Å². The summed E-state index contributed by atoms with van der Waals surface area (Å²) in [6.07, 6.45) is 3.83. The molecule has 0 bridgehead atoms. The van der Waals surface area contributed by atoms with Crippen LogP contribution in [0.3, 0.4) is 0 Å². The van der Waals surface area contributed by atoms with Crippen molar-refractivity contribution in [3.63, 3.8) is 0 Å². The van der Waals surface area contributed by atoms with Crippen LogP contribution in [0, 0.1) is 5.82 Å². The number of nitrogens with zero attached hydrogens (tertiary/aromatic N) is 1. The molecule has 0 unspecified atom stereocenters. The average molecular weight is 266 g/mol. The Bertz CT molecular complexity index is 335. The molecule has 2 nitrogen and oxygen atoms in total. The standard InChI is InChI=1S/C16H27FN2/c1-4-5-6-12-19(14(2)3)13-11-18-16-9-7-15(17)8-10-16/h7-10,14,18H,4-6,11-13H2,1-3H3. The van der Waals surface area contributed by atoms with Crippen LogP contribution in [0.5, 0.6) is 0 Å². The molecule has 0 spiro atoms. The van der Waals surface area contributed by atoms with Crippen LogP contribution in [0.4, 0.5) is 10.1 Å². The van der Waals surface area contributed by atoms with Crippen molar-refractivity contribution >= 4 is 5.69 Å². The van der Waals surface area contributed by atoms with Gasteiger partial charge in [-0.05, 0) is 51.1 Å². The van der Waals surface area contributed by atoms with Crippen LogP contribution in [0.15, 0.2) is 24.3 Å². The number of halogens is 1. The molecule has 0 amide bonds. The second kappa shape index (κ2) is 8.92. The molecule has 19 heavy (non-hydrogen) atoms. The molecule has 3 heteroatoms. The lowest BCUT2D eigenvalue weighted by Crippen LogP contribution is -2.35. The molecule has 0 atom stereocenters. The van der Waals surface area contributed by atoms with Crippen LogP contribution < -0.4 is 5.32 Å². The second-order valence-electron chi connectivity index (χ2n) is 5.27. The number of benzene rings is 1. The highest BCUT2D eigenvalue weighted by molar-refractivity contribution is 5.42. The largest absolute Gasteiger partial charge is 0.384 e. The molecule has 0 saturated heterocycles.